The lowest BCUT2D eigenvalue weighted by molar-refractivity contribution is -0.119. The van der Waals surface area contributed by atoms with Crippen molar-refractivity contribution in [2.45, 2.75) is 13.8 Å². The summed E-state index contributed by atoms with van der Waals surface area (Å²) in [6.45, 7) is 4.54. The molecule has 0 saturated carbocycles. The summed E-state index contributed by atoms with van der Waals surface area (Å²) < 4.78 is 9.89. The molecule has 0 aliphatic rings. The van der Waals surface area contributed by atoms with Gasteiger partial charge in [0.2, 0.25) is 5.88 Å². The topological polar surface area (TPSA) is 97.8 Å². The first-order valence-electron chi connectivity index (χ1n) is 8.84. The lowest BCUT2D eigenvalue weighted by atomic mass is 10.1. The van der Waals surface area contributed by atoms with Gasteiger partial charge in [-0.05, 0) is 38.1 Å². The number of esters is 1. The van der Waals surface area contributed by atoms with Crippen molar-refractivity contribution in [2.24, 2.45) is 0 Å². The van der Waals surface area contributed by atoms with Crippen molar-refractivity contribution in [1.29, 1.82) is 0 Å². The minimum atomic E-state index is -0.671. The highest BCUT2D eigenvalue weighted by molar-refractivity contribution is 5.98. The molecule has 2 rings (SSSR count). The molecular formula is C20H23N3O5. The highest BCUT2D eigenvalue weighted by atomic mass is 16.5. The van der Waals surface area contributed by atoms with Crippen LogP contribution in [0.3, 0.4) is 0 Å². The highest BCUT2D eigenvalue weighted by Gasteiger charge is 2.14. The van der Waals surface area contributed by atoms with Crippen molar-refractivity contribution in [3.8, 4) is 5.88 Å². The first-order valence-corrected chi connectivity index (χ1v) is 8.84. The number of anilines is 1. The standard InChI is InChI=1S/C20H23N3O5/c1-4-23(5-2)19(25)14-7-6-8-16(11-14)22-17(24)13-28-20(26)15-9-10-18(27-3)21-12-15/h6-12H,4-5,13H2,1-3H3,(H,22,24). The molecule has 28 heavy (non-hydrogen) atoms. The smallest absolute Gasteiger partial charge is 0.340 e. The zero-order chi connectivity index (χ0) is 20.5. The molecule has 0 fully saturated rings. The van der Waals surface area contributed by atoms with E-state index in [2.05, 4.69) is 10.3 Å². The number of amides is 2. The SMILES string of the molecule is CCN(CC)C(=O)c1cccc(NC(=O)COC(=O)c2ccc(OC)nc2)c1. The second-order valence-corrected chi connectivity index (χ2v) is 5.77. The first kappa shape index (κ1) is 20.9. The number of ether oxygens (including phenoxy) is 2. The molecule has 148 valence electrons. The van der Waals surface area contributed by atoms with E-state index in [1.807, 2.05) is 13.8 Å². The molecule has 0 bridgehead atoms. The number of hydrogen-bond acceptors (Lipinski definition) is 6. The van der Waals surface area contributed by atoms with Crippen LogP contribution < -0.4 is 10.1 Å². The molecule has 0 unspecified atom stereocenters. The number of nitrogens with one attached hydrogen (secondary N) is 1. The van der Waals surface area contributed by atoms with Crippen LogP contribution in [0.5, 0.6) is 5.88 Å². The summed E-state index contributed by atoms with van der Waals surface area (Å²) in [6, 6.07) is 9.64. The van der Waals surface area contributed by atoms with E-state index in [1.165, 1.54) is 25.4 Å². The molecule has 2 amide bonds. The lowest BCUT2D eigenvalue weighted by Gasteiger charge is -2.19. The molecule has 0 atom stereocenters. The molecule has 1 heterocycles. The second kappa shape index (κ2) is 10.1. The van der Waals surface area contributed by atoms with Gasteiger partial charge in [0.1, 0.15) is 0 Å². The average molecular weight is 385 g/mol. The Balaban J connectivity index is 1.93. The van der Waals surface area contributed by atoms with Crippen molar-refractivity contribution in [3.05, 3.63) is 53.7 Å². The van der Waals surface area contributed by atoms with Crippen molar-refractivity contribution >= 4 is 23.5 Å². The number of aromatic nitrogens is 1. The summed E-state index contributed by atoms with van der Waals surface area (Å²) in [7, 11) is 1.47. The Morgan fingerprint density at radius 3 is 2.43 bits per heavy atom. The Morgan fingerprint density at radius 1 is 1.07 bits per heavy atom. The van der Waals surface area contributed by atoms with Crippen LogP contribution in [-0.2, 0) is 9.53 Å². The van der Waals surface area contributed by atoms with Gasteiger partial charge in [-0.25, -0.2) is 9.78 Å². The number of carbonyl (C=O) groups is 3. The molecule has 8 heteroatoms. The van der Waals surface area contributed by atoms with E-state index in [1.54, 1.807) is 29.2 Å². The van der Waals surface area contributed by atoms with Gasteiger partial charge < -0.3 is 19.7 Å². The third kappa shape index (κ3) is 5.54. The number of rotatable bonds is 8. The van der Waals surface area contributed by atoms with Crippen LogP contribution in [0.25, 0.3) is 0 Å². The molecule has 0 aliphatic heterocycles. The third-order valence-electron chi connectivity index (χ3n) is 3.96. The molecule has 1 aromatic heterocycles. The maximum absolute atomic E-state index is 12.4. The summed E-state index contributed by atoms with van der Waals surface area (Å²) in [5, 5.41) is 2.61. The van der Waals surface area contributed by atoms with Gasteiger partial charge in [0.15, 0.2) is 6.61 Å². The maximum Gasteiger partial charge on any atom is 0.340 e. The van der Waals surface area contributed by atoms with Crippen molar-refractivity contribution < 1.29 is 23.9 Å². The fourth-order valence-electron chi connectivity index (χ4n) is 2.46. The van der Waals surface area contributed by atoms with Gasteiger partial charge in [0, 0.05) is 36.6 Å². The van der Waals surface area contributed by atoms with Crippen LogP contribution in [-0.4, -0.2) is 54.5 Å². The minimum Gasteiger partial charge on any atom is -0.481 e. The number of pyridine rings is 1. The Hall–Kier alpha value is -3.42. The van der Waals surface area contributed by atoms with Gasteiger partial charge in [-0.3, -0.25) is 9.59 Å². The molecule has 0 radical (unpaired) electrons. The molecule has 1 aromatic carbocycles. The number of hydrogen-bond donors (Lipinski definition) is 1. The summed E-state index contributed by atoms with van der Waals surface area (Å²) in [5.74, 6) is -0.925. The fourth-order valence-corrected chi connectivity index (χ4v) is 2.46. The van der Waals surface area contributed by atoms with E-state index in [4.69, 9.17) is 9.47 Å². The second-order valence-electron chi connectivity index (χ2n) is 5.77. The summed E-state index contributed by atoms with van der Waals surface area (Å²) in [4.78, 5) is 42.0. The summed E-state index contributed by atoms with van der Waals surface area (Å²) in [5.41, 5.74) is 1.13. The van der Waals surface area contributed by atoms with Gasteiger partial charge in [0.25, 0.3) is 11.8 Å². The van der Waals surface area contributed by atoms with Gasteiger partial charge in [0.05, 0.1) is 12.7 Å². The molecule has 0 spiro atoms. The van der Waals surface area contributed by atoms with Crippen molar-refractivity contribution in [1.82, 2.24) is 9.88 Å². The van der Waals surface area contributed by atoms with E-state index in [0.717, 1.165) is 0 Å². The van der Waals surface area contributed by atoms with Gasteiger partial charge in [-0.15, -0.1) is 0 Å². The van der Waals surface area contributed by atoms with Crippen LogP contribution in [0.15, 0.2) is 42.6 Å². The summed E-state index contributed by atoms with van der Waals surface area (Å²) in [6.07, 6.45) is 1.31. The number of nitrogens with zero attached hydrogens (tertiary/aromatic N) is 2. The molecule has 8 nitrogen and oxygen atoms in total. The van der Waals surface area contributed by atoms with Gasteiger partial charge >= 0.3 is 5.97 Å². The van der Waals surface area contributed by atoms with Crippen LogP contribution in [0, 0.1) is 0 Å². The zero-order valence-corrected chi connectivity index (χ0v) is 16.1. The van der Waals surface area contributed by atoms with E-state index >= 15 is 0 Å². The van der Waals surface area contributed by atoms with Crippen LogP contribution in [0.2, 0.25) is 0 Å². The predicted molar refractivity (Wildman–Crippen MR) is 103 cm³/mol. The third-order valence-corrected chi connectivity index (χ3v) is 3.96. The number of benzene rings is 1. The maximum atomic E-state index is 12.4. The van der Waals surface area contributed by atoms with Crippen LogP contribution in [0.4, 0.5) is 5.69 Å². The normalized spacial score (nSPS) is 10.1. The van der Waals surface area contributed by atoms with E-state index < -0.39 is 18.5 Å². The monoisotopic (exact) mass is 385 g/mol. The highest BCUT2D eigenvalue weighted by Crippen LogP contribution is 2.13. The van der Waals surface area contributed by atoms with E-state index in [-0.39, 0.29) is 11.5 Å². The molecule has 0 saturated heterocycles. The average Bonchev–Trinajstić information content (AvgIpc) is 2.73. The quantitative estimate of drug-likeness (QED) is 0.701. The fraction of sp³-hybridized carbons (Fsp3) is 0.300. The van der Waals surface area contributed by atoms with Gasteiger partial charge in [-0.1, -0.05) is 6.07 Å². The molecule has 2 aromatic rings. The molecular weight excluding hydrogens is 362 g/mol. The van der Waals surface area contributed by atoms with E-state index in [0.29, 0.717) is 30.2 Å². The Morgan fingerprint density at radius 2 is 1.82 bits per heavy atom. The number of methoxy groups -OCH3 is 1. The molecule has 0 aliphatic carbocycles. The van der Waals surface area contributed by atoms with Crippen molar-refractivity contribution in [2.75, 3.05) is 32.1 Å². The largest absolute Gasteiger partial charge is 0.481 e. The van der Waals surface area contributed by atoms with E-state index in [9.17, 15) is 14.4 Å². The zero-order valence-electron chi connectivity index (χ0n) is 16.1. The van der Waals surface area contributed by atoms with Crippen molar-refractivity contribution in [3.63, 3.8) is 0 Å². The first-order chi connectivity index (χ1) is 13.5. The lowest BCUT2D eigenvalue weighted by Crippen LogP contribution is -2.30. The Labute approximate surface area is 163 Å². The van der Waals surface area contributed by atoms with Gasteiger partial charge in [-0.2, -0.15) is 0 Å². The Kier molecular flexibility index (Phi) is 7.50. The summed E-state index contributed by atoms with van der Waals surface area (Å²) >= 11 is 0. The Bertz CT molecular complexity index is 832. The number of carbonyl (C=O) groups excluding carboxylic acids is 3. The predicted octanol–water partition coefficient (Wildman–Crippen LogP) is 2.37. The minimum absolute atomic E-state index is 0.112. The van der Waals surface area contributed by atoms with Crippen LogP contribution >= 0.6 is 0 Å². The van der Waals surface area contributed by atoms with Crippen LogP contribution in [0.1, 0.15) is 34.6 Å². The molecule has 1 N–H and O–H groups in total.